The summed E-state index contributed by atoms with van der Waals surface area (Å²) < 4.78 is 24.6. The first-order chi connectivity index (χ1) is 13.3. The Morgan fingerprint density at radius 3 is 2.75 bits per heavy atom. The average Bonchev–Trinajstić information content (AvgIpc) is 2.99. The number of carbonyl (C=O) groups excluding carboxylic acids is 1. The first-order valence-corrected chi connectivity index (χ1v) is 8.25. The number of nitrogens with one attached hydrogen (secondary N) is 1. The normalized spacial score (nSPS) is 10.5. The quantitative estimate of drug-likeness (QED) is 0.504. The molecule has 0 aliphatic rings. The second-order valence-corrected chi connectivity index (χ2v) is 5.99. The van der Waals surface area contributed by atoms with Crippen LogP contribution in [0.4, 0.5) is 15.8 Å². The number of amides is 1. The van der Waals surface area contributed by atoms with Crippen LogP contribution in [0, 0.1) is 29.8 Å². The van der Waals surface area contributed by atoms with Crippen molar-refractivity contribution in [3.63, 3.8) is 0 Å². The molecule has 8 nitrogen and oxygen atoms in total. The summed E-state index contributed by atoms with van der Waals surface area (Å²) in [4.78, 5) is 22.6. The molecule has 0 unspecified atom stereocenters. The van der Waals surface area contributed by atoms with Gasteiger partial charge in [0.05, 0.1) is 21.9 Å². The first kappa shape index (κ1) is 19.0. The van der Waals surface area contributed by atoms with Crippen LogP contribution >= 0.6 is 0 Å². The summed E-state index contributed by atoms with van der Waals surface area (Å²) in [5.41, 5.74) is 1.14. The van der Waals surface area contributed by atoms with E-state index in [0.717, 1.165) is 23.8 Å². The summed E-state index contributed by atoms with van der Waals surface area (Å²) in [7, 11) is 0. The monoisotopic (exact) mass is 385 g/mol. The third kappa shape index (κ3) is 4.14. The Labute approximate surface area is 159 Å². The van der Waals surface area contributed by atoms with Crippen LogP contribution in [0.1, 0.15) is 27.4 Å². The van der Waals surface area contributed by atoms with Crippen molar-refractivity contribution in [2.75, 3.05) is 5.32 Å². The maximum absolute atomic E-state index is 13.9. The van der Waals surface area contributed by atoms with Crippen molar-refractivity contribution in [2.45, 2.75) is 20.5 Å². The molecular formula is C19H16FN3O5. The van der Waals surface area contributed by atoms with Gasteiger partial charge < -0.3 is 14.6 Å². The number of nitrogens with zero attached hydrogens (tertiary/aromatic N) is 2. The number of benzene rings is 2. The predicted molar refractivity (Wildman–Crippen MR) is 97.8 cm³/mol. The van der Waals surface area contributed by atoms with Crippen LogP contribution in [0.5, 0.6) is 5.75 Å². The molecule has 0 radical (unpaired) electrons. The molecule has 9 heteroatoms. The molecule has 0 saturated heterocycles. The topological polar surface area (TPSA) is 108 Å². The molecule has 0 fully saturated rings. The van der Waals surface area contributed by atoms with Gasteiger partial charge in [-0.1, -0.05) is 11.2 Å². The van der Waals surface area contributed by atoms with Crippen LogP contribution < -0.4 is 10.1 Å². The maximum Gasteiger partial charge on any atom is 0.271 e. The van der Waals surface area contributed by atoms with Gasteiger partial charge in [0.1, 0.15) is 23.9 Å². The van der Waals surface area contributed by atoms with E-state index in [9.17, 15) is 19.3 Å². The molecule has 1 N–H and O–H groups in total. The smallest absolute Gasteiger partial charge is 0.271 e. The molecule has 144 valence electrons. The van der Waals surface area contributed by atoms with E-state index in [4.69, 9.17) is 9.26 Å². The minimum atomic E-state index is -0.773. The molecule has 1 aromatic heterocycles. The highest BCUT2D eigenvalue weighted by molar-refractivity contribution is 6.04. The van der Waals surface area contributed by atoms with E-state index in [1.807, 2.05) is 0 Å². The van der Waals surface area contributed by atoms with E-state index in [1.54, 1.807) is 26.0 Å². The van der Waals surface area contributed by atoms with Gasteiger partial charge in [0.15, 0.2) is 0 Å². The van der Waals surface area contributed by atoms with Gasteiger partial charge in [-0.3, -0.25) is 14.9 Å². The third-order valence-electron chi connectivity index (χ3n) is 4.07. The fraction of sp³-hybridized carbons (Fsp3) is 0.158. The van der Waals surface area contributed by atoms with E-state index in [0.29, 0.717) is 17.2 Å². The van der Waals surface area contributed by atoms with Crippen LogP contribution in [0.15, 0.2) is 47.0 Å². The number of ether oxygens (including phenoxy) is 1. The van der Waals surface area contributed by atoms with Gasteiger partial charge in [-0.05, 0) is 38.1 Å². The van der Waals surface area contributed by atoms with Crippen molar-refractivity contribution in [3.8, 4) is 5.75 Å². The molecule has 0 spiro atoms. The van der Waals surface area contributed by atoms with Crippen LogP contribution in [0.3, 0.4) is 0 Å². The summed E-state index contributed by atoms with van der Waals surface area (Å²) in [6.45, 7) is 3.79. The highest BCUT2D eigenvalue weighted by atomic mass is 19.1. The molecular weight excluding hydrogens is 369 g/mol. The van der Waals surface area contributed by atoms with Crippen LogP contribution in [0.25, 0.3) is 0 Å². The lowest BCUT2D eigenvalue weighted by Gasteiger charge is -2.09. The Morgan fingerprint density at radius 2 is 2.07 bits per heavy atom. The van der Waals surface area contributed by atoms with Gasteiger partial charge in [-0.15, -0.1) is 0 Å². The molecule has 2 aromatic carbocycles. The lowest BCUT2D eigenvalue weighted by atomic mass is 10.2. The number of hydrogen-bond donors (Lipinski definition) is 1. The van der Waals surface area contributed by atoms with Gasteiger partial charge >= 0.3 is 0 Å². The number of rotatable bonds is 6. The number of non-ortho nitro benzene ring substituents is 1. The zero-order valence-electron chi connectivity index (χ0n) is 15.1. The predicted octanol–water partition coefficient (Wildman–Crippen LogP) is 4.17. The average molecular weight is 385 g/mol. The molecule has 1 amide bonds. The fourth-order valence-electron chi connectivity index (χ4n) is 2.51. The number of aromatic nitrogens is 1. The van der Waals surface area contributed by atoms with E-state index in [2.05, 4.69) is 10.5 Å². The first-order valence-electron chi connectivity index (χ1n) is 8.25. The van der Waals surface area contributed by atoms with E-state index >= 15 is 0 Å². The number of carbonyl (C=O) groups is 1. The van der Waals surface area contributed by atoms with Crippen molar-refractivity contribution in [3.05, 3.63) is 81.0 Å². The van der Waals surface area contributed by atoms with Gasteiger partial charge in [-0.2, -0.15) is 0 Å². The van der Waals surface area contributed by atoms with Gasteiger partial charge in [0, 0.05) is 17.7 Å². The molecule has 0 aliphatic heterocycles. The van der Waals surface area contributed by atoms with Gasteiger partial charge in [0.2, 0.25) is 0 Å². The number of halogens is 1. The lowest BCUT2D eigenvalue weighted by Crippen LogP contribution is -2.13. The number of anilines is 1. The molecule has 3 aromatic rings. The van der Waals surface area contributed by atoms with Crippen molar-refractivity contribution in [1.29, 1.82) is 0 Å². The Hall–Kier alpha value is -3.75. The Morgan fingerprint density at radius 1 is 1.29 bits per heavy atom. The molecule has 1 heterocycles. The van der Waals surface area contributed by atoms with Crippen molar-refractivity contribution in [2.24, 2.45) is 0 Å². The molecule has 0 aliphatic carbocycles. The standard InChI is InChI=1S/C19H16FN3O5/c1-11-16(12(2)28-22-11)10-27-15-5-3-4-13(8-15)19(24)21-18-9-14(23(25)26)6-7-17(18)20/h3-9H,10H2,1-2H3,(H,21,24). The highest BCUT2D eigenvalue weighted by Gasteiger charge is 2.15. The summed E-state index contributed by atoms with van der Waals surface area (Å²) in [5.74, 6) is -0.327. The zero-order chi connectivity index (χ0) is 20.3. The second kappa shape index (κ2) is 7.87. The Kier molecular flexibility index (Phi) is 5.35. The molecule has 0 saturated carbocycles. The largest absolute Gasteiger partial charge is 0.489 e. The Bertz CT molecular complexity index is 1030. The zero-order valence-corrected chi connectivity index (χ0v) is 15.1. The minimum absolute atomic E-state index is 0.210. The highest BCUT2D eigenvalue weighted by Crippen LogP contribution is 2.23. The van der Waals surface area contributed by atoms with Gasteiger partial charge in [0.25, 0.3) is 11.6 Å². The third-order valence-corrected chi connectivity index (χ3v) is 4.07. The van der Waals surface area contributed by atoms with Crippen molar-refractivity contribution in [1.82, 2.24) is 5.16 Å². The van der Waals surface area contributed by atoms with E-state index in [1.165, 1.54) is 12.1 Å². The van der Waals surface area contributed by atoms with Crippen molar-refractivity contribution < 1.29 is 23.4 Å². The molecule has 28 heavy (non-hydrogen) atoms. The van der Waals surface area contributed by atoms with Gasteiger partial charge in [-0.25, -0.2) is 4.39 Å². The Balaban J connectivity index is 1.74. The molecule has 3 rings (SSSR count). The maximum atomic E-state index is 13.9. The summed E-state index contributed by atoms with van der Waals surface area (Å²) in [6, 6.07) is 9.20. The molecule has 0 bridgehead atoms. The summed E-state index contributed by atoms with van der Waals surface area (Å²) in [6.07, 6.45) is 0. The number of hydrogen-bond acceptors (Lipinski definition) is 6. The minimum Gasteiger partial charge on any atom is -0.489 e. The van der Waals surface area contributed by atoms with Crippen molar-refractivity contribution >= 4 is 17.3 Å². The van der Waals surface area contributed by atoms with Crippen LogP contribution in [-0.4, -0.2) is 16.0 Å². The molecule has 0 atom stereocenters. The van der Waals surface area contributed by atoms with E-state index in [-0.39, 0.29) is 23.5 Å². The van der Waals surface area contributed by atoms with Crippen LogP contribution in [0.2, 0.25) is 0 Å². The number of nitro groups is 1. The summed E-state index contributed by atoms with van der Waals surface area (Å²) >= 11 is 0. The number of nitro benzene ring substituents is 1. The number of aryl methyl sites for hydroxylation is 2. The second-order valence-electron chi connectivity index (χ2n) is 5.99. The van der Waals surface area contributed by atoms with Crippen LogP contribution in [-0.2, 0) is 6.61 Å². The summed E-state index contributed by atoms with van der Waals surface area (Å²) in [5, 5.41) is 17.0. The fourth-order valence-corrected chi connectivity index (χ4v) is 2.51. The van der Waals surface area contributed by atoms with E-state index < -0.39 is 16.6 Å². The SMILES string of the molecule is Cc1noc(C)c1COc1cccc(C(=O)Nc2cc([N+](=O)[O-])ccc2F)c1. The lowest BCUT2D eigenvalue weighted by molar-refractivity contribution is -0.384.